The number of rotatable bonds is 3. The Balaban J connectivity index is 1.93. The van der Waals surface area contributed by atoms with Gasteiger partial charge in [0.2, 0.25) is 0 Å². The van der Waals surface area contributed by atoms with Crippen molar-refractivity contribution >= 4 is 11.3 Å². The van der Waals surface area contributed by atoms with Gasteiger partial charge in [-0.1, -0.05) is 6.92 Å². The first kappa shape index (κ1) is 9.16. The highest BCUT2D eigenvalue weighted by Gasteiger charge is 2.33. The van der Waals surface area contributed by atoms with Gasteiger partial charge >= 0.3 is 0 Å². The monoisotopic (exact) mass is 196 g/mol. The van der Waals surface area contributed by atoms with Crippen molar-refractivity contribution in [3.8, 4) is 0 Å². The van der Waals surface area contributed by atoms with Gasteiger partial charge < -0.3 is 5.32 Å². The molecule has 0 bridgehead atoms. The van der Waals surface area contributed by atoms with Crippen molar-refractivity contribution in [2.45, 2.75) is 39.3 Å². The summed E-state index contributed by atoms with van der Waals surface area (Å²) >= 11 is 1.79. The van der Waals surface area contributed by atoms with Crippen molar-refractivity contribution in [3.63, 3.8) is 0 Å². The lowest BCUT2D eigenvalue weighted by molar-refractivity contribution is 0.558. The predicted octanol–water partition coefficient (Wildman–Crippen LogP) is 2.51. The van der Waals surface area contributed by atoms with Gasteiger partial charge in [0.25, 0.3) is 0 Å². The zero-order valence-electron chi connectivity index (χ0n) is 8.37. The minimum Gasteiger partial charge on any atom is -0.306 e. The van der Waals surface area contributed by atoms with Crippen molar-refractivity contribution in [2.75, 3.05) is 0 Å². The zero-order valence-corrected chi connectivity index (χ0v) is 9.19. The first-order valence-electron chi connectivity index (χ1n) is 4.85. The Hall–Kier alpha value is -0.410. The molecule has 0 aliphatic heterocycles. The van der Waals surface area contributed by atoms with Gasteiger partial charge in [0.1, 0.15) is 0 Å². The molecule has 1 aliphatic rings. The number of hydrogen-bond donors (Lipinski definition) is 1. The van der Waals surface area contributed by atoms with Crippen molar-refractivity contribution in [1.82, 2.24) is 10.3 Å². The van der Waals surface area contributed by atoms with E-state index in [0.29, 0.717) is 6.04 Å². The fourth-order valence-corrected chi connectivity index (χ4v) is 2.33. The summed E-state index contributed by atoms with van der Waals surface area (Å²) in [4.78, 5) is 5.62. The van der Waals surface area contributed by atoms with Gasteiger partial charge in [-0.25, -0.2) is 4.98 Å². The van der Waals surface area contributed by atoms with Crippen molar-refractivity contribution in [3.05, 3.63) is 16.1 Å². The van der Waals surface area contributed by atoms with E-state index < -0.39 is 0 Å². The molecule has 3 atom stereocenters. The highest BCUT2D eigenvalue weighted by molar-refractivity contribution is 7.11. The molecule has 1 aromatic rings. The summed E-state index contributed by atoms with van der Waals surface area (Å²) in [7, 11) is 0. The highest BCUT2D eigenvalue weighted by atomic mass is 32.1. The third kappa shape index (κ3) is 2.09. The molecule has 1 fully saturated rings. The average Bonchev–Trinajstić information content (AvgIpc) is 2.62. The molecule has 1 saturated carbocycles. The zero-order chi connectivity index (χ0) is 9.42. The molecule has 0 radical (unpaired) electrons. The van der Waals surface area contributed by atoms with Gasteiger partial charge in [-0.05, 0) is 26.2 Å². The lowest BCUT2D eigenvalue weighted by Crippen LogP contribution is -2.21. The molecule has 2 nitrogen and oxygen atoms in total. The molecule has 1 aliphatic carbocycles. The third-order valence-electron chi connectivity index (χ3n) is 2.64. The van der Waals surface area contributed by atoms with Gasteiger partial charge in [-0.3, -0.25) is 0 Å². The van der Waals surface area contributed by atoms with E-state index in [1.807, 2.05) is 6.20 Å². The van der Waals surface area contributed by atoms with E-state index >= 15 is 0 Å². The molecule has 1 N–H and O–H groups in total. The Morgan fingerprint density at radius 1 is 1.69 bits per heavy atom. The number of hydrogen-bond acceptors (Lipinski definition) is 3. The Morgan fingerprint density at radius 3 is 2.85 bits per heavy atom. The molecule has 1 aromatic heterocycles. The number of nitrogens with zero attached hydrogens (tertiary/aromatic N) is 1. The standard InChI is InChI=1S/C10H16N2S/c1-6-4-9(6)12-7(2)10-5-11-8(3)13-10/h5-7,9,12H,4H2,1-3H3. The van der Waals surface area contributed by atoms with E-state index in [1.165, 1.54) is 11.3 Å². The van der Waals surface area contributed by atoms with Gasteiger partial charge in [0, 0.05) is 23.2 Å². The summed E-state index contributed by atoms with van der Waals surface area (Å²) in [6.07, 6.45) is 3.33. The van der Waals surface area contributed by atoms with Crippen molar-refractivity contribution < 1.29 is 0 Å². The number of nitrogens with one attached hydrogen (secondary N) is 1. The van der Waals surface area contributed by atoms with Crippen LogP contribution in [0, 0.1) is 12.8 Å². The van der Waals surface area contributed by atoms with Gasteiger partial charge in [0.15, 0.2) is 0 Å². The third-order valence-corrected chi connectivity index (χ3v) is 3.73. The molecule has 3 unspecified atom stereocenters. The van der Waals surface area contributed by atoms with Crippen LogP contribution in [0.1, 0.15) is 36.2 Å². The number of aromatic nitrogens is 1. The number of thiazole rings is 1. The van der Waals surface area contributed by atoms with Crippen LogP contribution in [0.4, 0.5) is 0 Å². The average molecular weight is 196 g/mol. The van der Waals surface area contributed by atoms with Crippen LogP contribution in [0.15, 0.2) is 6.20 Å². The fourth-order valence-electron chi connectivity index (χ4n) is 1.54. The van der Waals surface area contributed by atoms with Gasteiger partial charge in [-0.2, -0.15) is 0 Å². The summed E-state index contributed by atoms with van der Waals surface area (Å²) in [5.41, 5.74) is 0. The molecule has 13 heavy (non-hydrogen) atoms. The molecule has 1 heterocycles. The van der Waals surface area contributed by atoms with E-state index in [-0.39, 0.29) is 0 Å². The predicted molar refractivity (Wildman–Crippen MR) is 56.0 cm³/mol. The SMILES string of the molecule is Cc1ncc(C(C)NC2CC2C)s1. The van der Waals surface area contributed by atoms with Crippen LogP contribution >= 0.6 is 11.3 Å². The summed E-state index contributed by atoms with van der Waals surface area (Å²) in [6.45, 7) is 6.57. The van der Waals surface area contributed by atoms with E-state index in [2.05, 4.69) is 31.1 Å². The quantitative estimate of drug-likeness (QED) is 0.803. The van der Waals surface area contributed by atoms with Crippen molar-refractivity contribution in [1.29, 1.82) is 0 Å². The largest absolute Gasteiger partial charge is 0.306 e. The van der Waals surface area contributed by atoms with Crippen LogP contribution in [0.5, 0.6) is 0 Å². The molecule has 2 rings (SSSR count). The smallest absolute Gasteiger partial charge is 0.0897 e. The molecule has 3 heteroatoms. The van der Waals surface area contributed by atoms with Gasteiger partial charge in [-0.15, -0.1) is 11.3 Å². The molecule has 0 saturated heterocycles. The molecular formula is C10H16N2S. The Labute approximate surface area is 83.4 Å². The normalized spacial score (nSPS) is 28.8. The van der Waals surface area contributed by atoms with Crippen LogP contribution < -0.4 is 5.32 Å². The first-order valence-corrected chi connectivity index (χ1v) is 5.67. The summed E-state index contributed by atoms with van der Waals surface area (Å²) in [5, 5.41) is 4.76. The molecule has 72 valence electrons. The second-order valence-electron chi connectivity index (χ2n) is 3.99. The van der Waals surface area contributed by atoms with E-state index in [9.17, 15) is 0 Å². The van der Waals surface area contributed by atoms with Crippen LogP contribution in [-0.4, -0.2) is 11.0 Å². The lowest BCUT2D eigenvalue weighted by Gasteiger charge is -2.10. The fraction of sp³-hybridized carbons (Fsp3) is 0.700. The van der Waals surface area contributed by atoms with Crippen LogP contribution in [0.25, 0.3) is 0 Å². The maximum Gasteiger partial charge on any atom is 0.0897 e. The Bertz CT molecular complexity index is 295. The minimum absolute atomic E-state index is 0.473. The van der Waals surface area contributed by atoms with E-state index in [0.717, 1.165) is 17.0 Å². The second-order valence-corrected chi connectivity index (χ2v) is 5.26. The minimum atomic E-state index is 0.473. The van der Waals surface area contributed by atoms with E-state index in [4.69, 9.17) is 0 Å². The topological polar surface area (TPSA) is 24.9 Å². The summed E-state index contributed by atoms with van der Waals surface area (Å²) in [5.74, 6) is 0.872. The summed E-state index contributed by atoms with van der Waals surface area (Å²) in [6, 6.07) is 1.22. The Morgan fingerprint density at radius 2 is 2.38 bits per heavy atom. The van der Waals surface area contributed by atoms with Crippen LogP contribution in [-0.2, 0) is 0 Å². The van der Waals surface area contributed by atoms with Crippen LogP contribution in [0.3, 0.4) is 0 Å². The maximum absolute atomic E-state index is 4.26. The summed E-state index contributed by atoms with van der Waals surface area (Å²) < 4.78 is 0. The maximum atomic E-state index is 4.26. The highest BCUT2D eigenvalue weighted by Crippen LogP contribution is 2.32. The number of aryl methyl sites for hydroxylation is 1. The van der Waals surface area contributed by atoms with Gasteiger partial charge in [0.05, 0.1) is 5.01 Å². The second kappa shape index (κ2) is 3.39. The Kier molecular flexibility index (Phi) is 2.39. The van der Waals surface area contributed by atoms with Crippen LogP contribution in [0.2, 0.25) is 0 Å². The van der Waals surface area contributed by atoms with Crippen molar-refractivity contribution in [2.24, 2.45) is 5.92 Å². The molecule has 0 spiro atoms. The first-order chi connectivity index (χ1) is 6.16. The lowest BCUT2D eigenvalue weighted by atomic mass is 10.3. The molecule has 0 amide bonds. The molecular weight excluding hydrogens is 180 g/mol. The van der Waals surface area contributed by atoms with E-state index in [1.54, 1.807) is 11.3 Å². The molecule has 0 aromatic carbocycles.